The van der Waals surface area contributed by atoms with Gasteiger partial charge in [0.2, 0.25) is 5.91 Å². The summed E-state index contributed by atoms with van der Waals surface area (Å²) in [6.45, 7) is 10.4. The van der Waals surface area contributed by atoms with Crippen molar-refractivity contribution in [3.63, 3.8) is 0 Å². The molecule has 166 valence electrons. The number of hydrogen-bond acceptors (Lipinski definition) is 6. The van der Waals surface area contributed by atoms with Crippen LogP contribution in [0.2, 0.25) is 0 Å². The quantitative estimate of drug-likeness (QED) is 0.379. The number of piperidine rings is 1. The van der Waals surface area contributed by atoms with Crippen molar-refractivity contribution in [2.75, 3.05) is 24.5 Å². The van der Waals surface area contributed by atoms with Gasteiger partial charge < -0.3 is 14.5 Å². The summed E-state index contributed by atoms with van der Waals surface area (Å²) in [6, 6.07) is 6.61. The van der Waals surface area contributed by atoms with Crippen LogP contribution in [0.15, 0.2) is 24.3 Å². The molecule has 0 saturated carbocycles. The molecular formula is C22H33N3O5. The van der Waals surface area contributed by atoms with Crippen LogP contribution in [0.1, 0.15) is 53.9 Å². The van der Waals surface area contributed by atoms with E-state index in [2.05, 4.69) is 0 Å². The Morgan fingerprint density at radius 1 is 1.27 bits per heavy atom. The Morgan fingerprint density at radius 3 is 2.40 bits per heavy atom. The molecule has 8 heteroatoms. The van der Waals surface area contributed by atoms with Crippen LogP contribution >= 0.6 is 0 Å². The molecule has 30 heavy (non-hydrogen) atoms. The van der Waals surface area contributed by atoms with Crippen LogP contribution < -0.4 is 4.90 Å². The van der Waals surface area contributed by atoms with Crippen molar-refractivity contribution >= 4 is 23.3 Å². The lowest BCUT2D eigenvalue weighted by Gasteiger charge is -2.37. The molecular weight excluding hydrogens is 386 g/mol. The normalized spacial score (nSPS) is 16.1. The number of nitrogens with zero attached hydrogens (tertiary/aromatic N) is 3. The fraction of sp³-hybridized carbons (Fsp3) is 0.636. The molecule has 1 heterocycles. The van der Waals surface area contributed by atoms with Gasteiger partial charge in [-0.1, -0.05) is 19.1 Å². The van der Waals surface area contributed by atoms with Gasteiger partial charge in [-0.25, -0.2) is 0 Å². The van der Waals surface area contributed by atoms with Gasteiger partial charge in [0.1, 0.15) is 17.8 Å². The van der Waals surface area contributed by atoms with Gasteiger partial charge in [-0.2, -0.15) is 0 Å². The van der Waals surface area contributed by atoms with Crippen molar-refractivity contribution in [3.8, 4) is 0 Å². The second kappa shape index (κ2) is 9.91. The number of para-hydroxylation sites is 2. The molecule has 1 aromatic rings. The fourth-order valence-corrected chi connectivity index (χ4v) is 3.67. The number of esters is 1. The maximum absolute atomic E-state index is 13.2. The Labute approximate surface area is 178 Å². The number of ether oxygens (including phenoxy) is 1. The number of amides is 1. The number of carbonyl (C=O) groups excluding carboxylic acids is 2. The number of anilines is 1. The van der Waals surface area contributed by atoms with E-state index in [0.717, 1.165) is 6.42 Å². The van der Waals surface area contributed by atoms with Crippen molar-refractivity contribution in [2.45, 2.75) is 65.5 Å². The van der Waals surface area contributed by atoms with Gasteiger partial charge in [-0.15, -0.1) is 0 Å². The zero-order chi connectivity index (χ0) is 22.5. The first-order valence-electron chi connectivity index (χ1n) is 10.5. The Balaban J connectivity index is 2.06. The SMILES string of the molecule is CC[C@@H](C)N(CC(=O)OC(C)(C)C)C(=O)C1CCN(c2ccccc2[N+](=O)[O-])CC1. The highest BCUT2D eigenvalue weighted by atomic mass is 16.6. The molecule has 1 aliphatic rings. The summed E-state index contributed by atoms with van der Waals surface area (Å²) in [6.07, 6.45) is 1.92. The minimum atomic E-state index is -0.600. The van der Waals surface area contributed by atoms with Crippen LogP contribution in [0, 0.1) is 16.0 Å². The summed E-state index contributed by atoms with van der Waals surface area (Å²) in [5, 5.41) is 11.3. The number of benzene rings is 1. The molecule has 0 aliphatic carbocycles. The predicted octanol–water partition coefficient (Wildman–Crippen LogP) is 3.78. The molecule has 1 fully saturated rings. The highest BCUT2D eigenvalue weighted by Gasteiger charge is 2.33. The molecule has 1 saturated heterocycles. The van der Waals surface area contributed by atoms with Gasteiger partial charge in [0.15, 0.2) is 0 Å². The third-order valence-electron chi connectivity index (χ3n) is 5.39. The molecule has 1 amide bonds. The van der Waals surface area contributed by atoms with E-state index in [1.54, 1.807) is 43.9 Å². The minimum absolute atomic E-state index is 0.0441. The maximum Gasteiger partial charge on any atom is 0.326 e. The van der Waals surface area contributed by atoms with Crippen molar-refractivity contribution in [3.05, 3.63) is 34.4 Å². The second-order valence-corrected chi connectivity index (χ2v) is 8.82. The molecule has 1 aromatic carbocycles. The van der Waals surface area contributed by atoms with Crippen molar-refractivity contribution in [1.82, 2.24) is 4.90 Å². The lowest BCUT2D eigenvalue weighted by atomic mass is 9.94. The van der Waals surface area contributed by atoms with Crippen molar-refractivity contribution in [1.29, 1.82) is 0 Å². The first kappa shape index (κ1) is 23.6. The zero-order valence-electron chi connectivity index (χ0n) is 18.6. The number of hydrogen-bond donors (Lipinski definition) is 0. The summed E-state index contributed by atoms with van der Waals surface area (Å²) in [7, 11) is 0. The minimum Gasteiger partial charge on any atom is -0.459 e. The average Bonchev–Trinajstić information content (AvgIpc) is 2.69. The zero-order valence-corrected chi connectivity index (χ0v) is 18.6. The first-order chi connectivity index (χ1) is 14.0. The molecule has 0 bridgehead atoms. The third-order valence-corrected chi connectivity index (χ3v) is 5.39. The third kappa shape index (κ3) is 6.18. The average molecular weight is 420 g/mol. The van der Waals surface area contributed by atoms with Gasteiger partial charge in [-0.05, 0) is 53.0 Å². The highest BCUT2D eigenvalue weighted by molar-refractivity contribution is 5.84. The van der Waals surface area contributed by atoms with E-state index in [1.165, 1.54) is 6.07 Å². The fourth-order valence-electron chi connectivity index (χ4n) is 3.67. The summed E-state index contributed by atoms with van der Waals surface area (Å²) in [4.78, 5) is 40.1. The van der Waals surface area contributed by atoms with Crippen molar-refractivity contribution in [2.24, 2.45) is 5.92 Å². The Bertz CT molecular complexity index is 766. The molecule has 0 N–H and O–H groups in total. The molecule has 2 rings (SSSR count). The van der Waals surface area contributed by atoms with Crippen LogP contribution in [0.3, 0.4) is 0 Å². The lowest BCUT2D eigenvalue weighted by Crippen LogP contribution is -2.48. The molecule has 8 nitrogen and oxygen atoms in total. The molecule has 0 unspecified atom stereocenters. The summed E-state index contributed by atoms with van der Waals surface area (Å²) in [5.74, 6) is -0.661. The van der Waals surface area contributed by atoms with Crippen LogP contribution in [0.25, 0.3) is 0 Å². The van der Waals surface area contributed by atoms with Gasteiger partial charge in [0, 0.05) is 31.1 Å². The van der Waals surface area contributed by atoms with Crippen LogP contribution in [0.5, 0.6) is 0 Å². The number of carbonyl (C=O) groups is 2. The standard InChI is InChI=1S/C22H33N3O5/c1-6-16(2)24(15-20(26)30-22(3,4)5)21(27)17-11-13-23(14-12-17)18-9-7-8-10-19(18)25(28)29/h7-10,16-17H,6,11-15H2,1-5H3/t16-/m1/s1. The summed E-state index contributed by atoms with van der Waals surface area (Å²) < 4.78 is 5.41. The maximum atomic E-state index is 13.2. The highest BCUT2D eigenvalue weighted by Crippen LogP contribution is 2.32. The van der Waals surface area contributed by atoms with Crippen LogP contribution in [0.4, 0.5) is 11.4 Å². The van der Waals surface area contributed by atoms with Gasteiger partial charge in [0.05, 0.1) is 4.92 Å². The van der Waals surface area contributed by atoms with E-state index >= 15 is 0 Å². The Kier molecular flexibility index (Phi) is 7.81. The molecule has 0 spiro atoms. The predicted molar refractivity (Wildman–Crippen MR) is 115 cm³/mol. The summed E-state index contributed by atoms with van der Waals surface area (Å²) in [5.41, 5.74) is 0.0612. The number of nitro benzene ring substituents is 1. The first-order valence-corrected chi connectivity index (χ1v) is 10.5. The Hall–Kier alpha value is -2.64. The van der Waals surface area contributed by atoms with E-state index < -0.39 is 11.6 Å². The molecule has 0 radical (unpaired) electrons. The van der Waals surface area contributed by atoms with E-state index in [9.17, 15) is 19.7 Å². The van der Waals surface area contributed by atoms with Crippen LogP contribution in [-0.2, 0) is 14.3 Å². The molecule has 1 aliphatic heterocycles. The van der Waals surface area contributed by atoms with E-state index in [0.29, 0.717) is 31.6 Å². The molecule has 0 aromatic heterocycles. The molecule has 1 atom stereocenters. The second-order valence-electron chi connectivity index (χ2n) is 8.82. The van der Waals surface area contributed by atoms with Gasteiger partial charge in [0.25, 0.3) is 5.69 Å². The topological polar surface area (TPSA) is 93.0 Å². The number of nitro groups is 1. The number of rotatable bonds is 7. The summed E-state index contributed by atoms with van der Waals surface area (Å²) >= 11 is 0. The van der Waals surface area contributed by atoms with Gasteiger partial charge in [-0.3, -0.25) is 19.7 Å². The Morgan fingerprint density at radius 2 is 1.87 bits per heavy atom. The monoisotopic (exact) mass is 419 g/mol. The van der Waals surface area contributed by atoms with E-state index in [-0.39, 0.29) is 35.0 Å². The largest absolute Gasteiger partial charge is 0.459 e. The van der Waals surface area contributed by atoms with Crippen molar-refractivity contribution < 1.29 is 19.2 Å². The smallest absolute Gasteiger partial charge is 0.326 e. The van der Waals surface area contributed by atoms with E-state index in [1.807, 2.05) is 18.7 Å². The van der Waals surface area contributed by atoms with E-state index in [4.69, 9.17) is 4.74 Å². The van der Waals surface area contributed by atoms with Crippen LogP contribution in [-0.4, -0.2) is 53.0 Å². The lowest BCUT2D eigenvalue weighted by molar-refractivity contribution is -0.384. The van der Waals surface area contributed by atoms with Gasteiger partial charge >= 0.3 is 5.97 Å².